The minimum Gasteiger partial charge on any atom is -0.506 e. The topological polar surface area (TPSA) is 94.8 Å². The summed E-state index contributed by atoms with van der Waals surface area (Å²) in [5.74, 6) is -1.04. The first-order chi connectivity index (χ1) is 13.5. The lowest BCUT2D eigenvalue weighted by atomic mass is 9.83. The number of rotatable bonds is 4. The molecule has 3 aromatic carbocycles. The van der Waals surface area contributed by atoms with Gasteiger partial charge in [-0.05, 0) is 29.3 Å². The van der Waals surface area contributed by atoms with Gasteiger partial charge < -0.3 is 10.2 Å². The van der Waals surface area contributed by atoms with Crippen LogP contribution in [0, 0.1) is 0 Å². The Balaban J connectivity index is 2.62. The molecular formula is C19H12Cl4O5S. The highest BCUT2D eigenvalue weighted by Crippen LogP contribution is 2.53. The zero-order valence-electron chi connectivity index (χ0n) is 14.3. The van der Waals surface area contributed by atoms with E-state index in [1.165, 1.54) is 18.2 Å². The van der Waals surface area contributed by atoms with Crippen molar-refractivity contribution in [2.45, 2.75) is 4.75 Å². The van der Waals surface area contributed by atoms with Crippen LogP contribution in [0.4, 0.5) is 0 Å². The van der Waals surface area contributed by atoms with Gasteiger partial charge in [0, 0.05) is 5.56 Å². The van der Waals surface area contributed by atoms with Crippen molar-refractivity contribution < 1.29 is 23.2 Å². The molecule has 0 bridgehead atoms. The van der Waals surface area contributed by atoms with E-state index < -0.39 is 26.2 Å². The van der Waals surface area contributed by atoms with Crippen LogP contribution in [0.15, 0.2) is 54.6 Å². The Kier molecular flexibility index (Phi) is 5.98. The maximum atomic E-state index is 13.0. The molecule has 0 saturated heterocycles. The molecule has 10 heteroatoms. The molecule has 1 unspecified atom stereocenters. The molecule has 29 heavy (non-hydrogen) atoms. The molecule has 0 radical (unpaired) electrons. The van der Waals surface area contributed by atoms with Crippen LogP contribution in [0.25, 0.3) is 0 Å². The Morgan fingerprint density at radius 3 is 1.93 bits per heavy atom. The average molecular weight is 494 g/mol. The lowest BCUT2D eigenvalue weighted by molar-refractivity contribution is 0.440. The predicted octanol–water partition coefficient (Wildman–Crippen LogP) is 5.89. The van der Waals surface area contributed by atoms with Gasteiger partial charge in [0.05, 0.1) is 15.1 Å². The van der Waals surface area contributed by atoms with E-state index in [-0.39, 0.29) is 37.0 Å². The summed E-state index contributed by atoms with van der Waals surface area (Å²) in [5.41, 5.74) is -0.464. The van der Waals surface area contributed by atoms with Gasteiger partial charge in [-0.3, -0.25) is 4.55 Å². The summed E-state index contributed by atoms with van der Waals surface area (Å²) in [4.78, 5) is 0. The van der Waals surface area contributed by atoms with E-state index in [1.54, 1.807) is 18.2 Å². The number of aromatic hydroxyl groups is 2. The summed E-state index contributed by atoms with van der Waals surface area (Å²) in [5, 5.41) is 19.6. The molecule has 3 rings (SSSR count). The van der Waals surface area contributed by atoms with Gasteiger partial charge in [0.2, 0.25) is 0 Å². The Hall–Kier alpha value is -1.67. The Morgan fingerprint density at radius 1 is 0.759 bits per heavy atom. The van der Waals surface area contributed by atoms with Gasteiger partial charge >= 0.3 is 0 Å². The molecular weight excluding hydrogens is 482 g/mol. The van der Waals surface area contributed by atoms with Crippen molar-refractivity contribution in [3.05, 3.63) is 91.4 Å². The third-order valence-corrected chi connectivity index (χ3v) is 7.25. The number of hydrogen-bond donors (Lipinski definition) is 3. The van der Waals surface area contributed by atoms with Gasteiger partial charge in [-0.15, -0.1) is 0 Å². The number of benzene rings is 3. The number of hydrogen-bond acceptors (Lipinski definition) is 4. The molecule has 3 N–H and O–H groups in total. The molecule has 152 valence electrons. The highest BCUT2D eigenvalue weighted by Gasteiger charge is 2.52. The van der Waals surface area contributed by atoms with Gasteiger partial charge in [-0.25, -0.2) is 0 Å². The van der Waals surface area contributed by atoms with Crippen molar-refractivity contribution in [2.75, 3.05) is 0 Å². The maximum Gasteiger partial charge on any atom is 0.283 e. The van der Waals surface area contributed by atoms with Gasteiger partial charge in [0.15, 0.2) is 4.75 Å². The van der Waals surface area contributed by atoms with E-state index in [4.69, 9.17) is 46.4 Å². The van der Waals surface area contributed by atoms with Crippen LogP contribution in [-0.4, -0.2) is 23.2 Å². The molecule has 0 aromatic heterocycles. The highest BCUT2D eigenvalue weighted by atomic mass is 35.5. The lowest BCUT2D eigenvalue weighted by Crippen LogP contribution is -2.38. The summed E-state index contributed by atoms with van der Waals surface area (Å²) in [6.07, 6.45) is 0. The predicted molar refractivity (Wildman–Crippen MR) is 114 cm³/mol. The minimum atomic E-state index is -5.08. The van der Waals surface area contributed by atoms with Crippen LogP contribution in [0.2, 0.25) is 20.1 Å². The third kappa shape index (κ3) is 3.54. The SMILES string of the molecule is O=S(=O)(O)C(c1ccccc1)(c1ccc(O)c(Cl)c1)c1c(Cl)cc(Cl)c(Cl)c1O. The molecule has 0 spiro atoms. The Bertz CT molecular complexity index is 1200. The molecule has 0 fully saturated rings. The van der Waals surface area contributed by atoms with Crippen LogP contribution >= 0.6 is 46.4 Å². The van der Waals surface area contributed by atoms with Crippen molar-refractivity contribution in [1.29, 1.82) is 0 Å². The average Bonchev–Trinajstić information content (AvgIpc) is 2.65. The zero-order valence-corrected chi connectivity index (χ0v) is 18.1. The van der Waals surface area contributed by atoms with E-state index in [0.717, 1.165) is 18.2 Å². The largest absolute Gasteiger partial charge is 0.506 e. The first kappa shape index (κ1) is 22.0. The number of phenols is 2. The van der Waals surface area contributed by atoms with Crippen molar-refractivity contribution in [2.24, 2.45) is 0 Å². The summed E-state index contributed by atoms with van der Waals surface area (Å²) < 4.78 is 34.0. The monoisotopic (exact) mass is 492 g/mol. The fourth-order valence-corrected chi connectivity index (χ4v) is 5.50. The summed E-state index contributed by atoms with van der Waals surface area (Å²) >= 11 is 24.3. The minimum absolute atomic E-state index is 0.0415. The van der Waals surface area contributed by atoms with Crippen LogP contribution in [0.3, 0.4) is 0 Å². The molecule has 0 aliphatic carbocycles. The first-order valence-corrected chi connectivity index (χ1v) is 10.9. The van der Waals surface area contributed by atoms with E-state index in [2.05, 4.69) is 0 Å². The van der Waals surface area contributed by atoms with Crippen molar-refractivity contribution in [3.63, 3.8) is 0 Å². The Labute approximate surface area is 186 Å². The molecule has 3 aromatic rings. The first-order valence-electron chi connectivity index (χ1n) is 7.90. The van der Waals surface area contributed by atoms with Crippen molar-refractivity contribution in [1.82, 2.24) is 0 Å². The third-order valence-electron chi connectivity index (χ3n) is 4.42. The Morgan fingerprint density at radius 2 is 1.38 bits per heavy atom. The smallest absolute Gasteiger partial charge is 0.283 e. The number of phenolic OH excluding ortho intramolecular Hbond substituents is 2. The zero-order chi connectivity index (χ0) is 21.6. The second-order valence-corrected chi connectivity index (χ2v) is 9.23. The molecule has 0 amide bonds. The van der Waals surface area contributed by atoms with E-state index in [9.17, 15) is 23.2 Å². The molecule has 0 saturated carbocycles. The normalized spacial score (nSPS) is 13.8. The van der Waals surface area contributed by atoms with Crippen LogP contribution in [0.1, 0.15) is 16.7 Å². The van der Waals surface area contributed by atoms with Gasteiger partial charge in [-0.1, -0.05) is 82.8 Å². The highest BCUT2D eigenvalue weighted by molar-refractivity contribution is 7.87. The van der Waals surface area contributed by atoms with Crippen molar-refractivity contribution >= 4 is 56.5 Å². The van der Waals surface area contributed by atoms with Gasteiger partial charge in [0.1, 0.15) is 16.5 Å². The molecule has 0 heterocycles. The molecule has 5 nitrogen and oxygen atoms in total. The van der Waals surface area contributed by atoms with E-state index in [0.29, 0.717) is 0 Å². The summed E-state index contributed by atoms with van der Waals surface area (Å²) in [6.45, 7) is 0. The molecule has 0 aliphatic rings. The second kappa shape index (κ2) is 7.87. The maximum absolute atomic E-state index is 13.0. The van der Waals surface area contributed by atoms with Gasteiger partial charge in [0.25, 0.3) is 10.1 Å². The van der Waals surface area contributed by atoms with Gasteiger partial charge in [-0.2, -0.15) is 8.42 Å². The summed E-state index contributed by atoms with van der Waals surface area (Å²) in [6, 6.07) is 12.3. The fourth-order valence-electron chi connectivity index (χ4n) is 3.20. The van der Waals surface area contributed by atoms with Crippen molar-refractivity contribution in [3.8, 4) is 11.5 Å². The second-order valence-electron chi connectivity index (χ2n) is 6.07. The van der Waals surface area contributed by atoms with Crippen LogP contribution in [0.5, 0.6) is 11.5 Å². The lowest BCUT2D eigenvalue weighted by Gasteiger charge is -2.34. The van der Waals surface area contributed by atoms with E-state index in [1.807, 2.05) is 0 Å². The fraction of sp³-hybridized carbons (Fsp3) is 0.0526. The quantitative estimate of drug-likeness (QED) is 0.239. The summed E-state index contributed by atoms with van der Waals surface area (Å²) in [7, 11) is -5.08. The molecule has 1 atom stereocenters. The molecule has 0 aliphatic heterocycles. The standard InChI is InChI=1S/C19H12Cl4O5S/c20-12-8-11(6-7-15(12)24)19(29(26,27)28,10-4-2-1-3-5-10)16-13(21)9-14(22)17(23)18(16)25/h1-9,24-25H,(H,26,27,28). The van der Waals surface area contributed by atoms with Crippen LogP contribution < -0.4 is 0 Å². The number of halogens is 4. The van der Waals surface area contributed by atoms with Crippen LogP contribution in [-0.2, 0) is 14.9 Å². The van der Waals surface area contributed by atoms with E-state index >= 15 is 0 Å².